The maximum atomic E-state index is 11.8. The number of esters is 1. The molecule has 0 saturated heterocycles. The summed E-state index contributed by atoms with van der Waals surface area (Å²) in [6.45, 7) is 1.79. The van der Waals surface area contributed by atoms with Crippen molar-refractivity contribution < 1.29 is 23.8 Å². The third kappa shape index (κ3) is 2.78. The van der Waals surface area contributed by atoms with Gasteiger partial charge in [0.25, 0.3) is 5.91 Å². The summed E-state index contributed by atoms with van der Waals surface area (Å²) in [5, 5.41) is 0. The van der Waals surface area contributed by atoms with Gasteiger partial charge in [0.1, 0.15) is 18.0 Å². The van der Waals surface area contributed by atoms with Gasteiger partial charge >= 0.3 is 5.97 Å². The first kappa shape index (κ1) is 13.2. The van der Waals surface area contributed by atoms with E-state index < -0.39 is 5.97 Å². The number of carbonyl (C=O) groups excluding carboxylic acids is 2. The number of rotatable bonds is 4. The highest BCUT2D eigenvalue weighted by molar-refractivity contribution is 6.01. The van der Waals surface area contributed by atoms with Gasteiger partial charge in [-0.15, -0.1) is 0 Å². The summed E-state index contributed by atoms with van der Waals surface area (Å²) < 4.78 is 15.3. The Bertz CT molecular complexity index is 500. The molecule has 0 fully saturated rings. The third-order valence-electron chi connectivity index (χ3n) is 2.70. The molecule has 1 aromatic carbocycles. The van der Waals surface area contributed by atoms with Gasteiger partial charge in [-0.1, -0.05) is 0 Å². The Morgan fingerprint density at radius 1 is 1.47 bits per heavy atom. The molecule has 0 spiro atoms. The highest BCUT2D eigenvalue weighted by Crippen LogP contribution is 2.35. The molecule has 1 aromatic rings. The van der Waals surface area contributed by atoms with E-state index in [0.29, 0.717) is 17.2 Å². The summed E-state index contributed by atoms with van der Waals surface area (Å²) in [6, 6.07) is 5.07. The van der Waals surface area contributed by atoms with E-state index in [0.717, 1.165) is 0 Å². The lowest BCUT2D eigenvalue weighted by molar-refractivity contribution is -0.142. The van der Waals surface area contributed by atoms with Gasteiger partial charge in [0, 0.05) is 6.07 Å². The molecule has 1 aliphatic rings. The van der Waals surface area contributed by atoms with Crippen molar-refractivity contribution in [3.63, 3.8) is 0 Å². The molecule has 0 saturated carbocycles. The summed E-state index contributed by atoms with van der Waals surface area (Å²) in [5.41, 5.74) is 0.546. The van der Waals surface area contributed by atoms with Gasteiger partial charge < -0.3 is 14.2 Å². The lowest BCUT2D eigenvalue weighted by atomic mass is 10.2. The van der Waals surface area contributed by atoms with Crippen LogP contribution in [-0.4, -0.2) is 38.7 Å². The van der Waals surface area contributed by atoms with Crippen molar-refractivity contribution in [1.82, 2.24) is 0 Å². The van der Waals surface area contributed by atoms with Gasteiger partial charge in [-0.3, -0.25) is 14.5 Å². The highest BCUT2D eigenvalue weighted by atomic mass is 16.5. The summed E-state index contributed by atoms with van der Waals surface area (Å²) in [5.74, 6) is 0.428. The van der Waals surface area contributed by atoms with Crippen molar-refractivity contribution in [1.29, 1.82) is 0 Å². The van der Waals surface area contributed by atoms with Gasteiger partial charge in [-0.25, -0.2) is 0 Å². The van der Waals surface area contributed by atoms with Gasteiger partial charge in [-0.05, 0) is 19.1 Å². The minimum Gasteiger partial charge on any atom is -0.497 e. The van der Waals surface area contributed by atoms with E-state index in [1.54, 1.807) is 32.2 Å². The van der Waals surface area contributed by atoms with Crippen molar-refractivity contribution in [2.75, 3.05) is 31.8 Å². The van der Waals surface area contributed by atoms with Crippen LogP contribution in [0.2, 0.25) is 0 Å². The average molecular weight is 265 g/mol. The van der Waals surface area contributed by atoms with E-state index in [4.69, 9.17) is 14.2 Å². The number of carbonyl (C=O) groups is 2. The van der Waals surface area contributed by atoms with Crippen molar-refractivity contribution >= 4 is 17.6 Å². The molecule has 0 atom stereocenters. The molecule has 0 N–H and O–H groups in total. The summed E-state index contributed by atoms with van der Waals surface area (Å²) in [7, 11) is 1.55. The second kappa shape index (κ2) is 5.60. The van der Waals surface area contributed by atoms with Crippen LogP contribution in [0.1, 0.15) is 6.92 Å². The Morgan fingerprint density at radius 2 is 2.26 bits per heavy atom. The second-order valence-electron chi connectivity index (χ2n) is 3.91. The third-order valence-corrected chi connectivity index (χ3v) is 2.70. The van der Waals surface area contributed by atoms with Crippen molar-refractivity contribution in [3.8, 4) is 11.5 Å². The van der Waals surface area contributed by atoms with Crippen LogP contribution in [0.25, 0.3) is 0 Å². The first-order chi connectivity index (χ1) is 9.15. The molecule has 6 nitrogen and oxygen atoms in total. The molecule has 0 radical (unpaired) electrons. The van der Waals surface area contributed by atoms with Crippen LogP contribution in [0.4, 0.5) is 5.69 Å². The Morgan fingerprint density at radius 3 is 2.95 bits per heavy atom. The van der Waals surface area contributed by atoms with Gasteiger partial charge in [0.15, 0.2) is 6.61 Å². The molecular weight excluding hydrogens is 250 g/mol. The van der Waals surface area contributed by atoms with E-state index in [9.17, 15) is 9.59 Å². The van der Waals surface area contributed by atoms with Crippen molar-refractivity contribution in [2.24, 2.45) is 0 Å². The number of methoxy groups -OCH3 is 1. The SMILES string of the molecule is CCOC(=O)CN1C(=O)COc2cc(OC)ccc21. The largest absolute Gasteiger partial charge is 0.497 e. The fraction of sp³-hybridized carbons (Fsp3) is 0.385. The lowest BCUT2D eigenvalue weighted by Gasteiger charge is -2.28. The first-order valence-electron chi connectivity index (χ1n) is 5.92. The molecule has 1 amide bonds. The smallest absolute Gasteiger partial charge is 0.326 e. The quantitative estimate of drug-likeness (QED) is 0.759. The number of ether oxygens (including phenoxy) is 3. The number of fused-ring (bicyclic) bond motifs is 1. The van der Waals surface area contributed by atoms with Crippen LogP contribution < -0.4 is 14.4 Å². The number of benzene rings is 1. The van der Waals surface area contributed by atoms with Crippen LogP contribution in [0.5, 0.6) is 11.5 Å². The van der Waals surface area contributed by atoms with E-state index in [2.05, 4.69) is 0 Å². The number of hydrogen-bond donors (Lipinski definition) is 0. The normalized spacial score (nSPS) is 13.6. The number of nitrogens with zero attached hydrogens (tertiary/aromatic N) is 1. The molecule has 1 heterocycles. The zero-order valence-electron chi connectivity index (χ0n) is 10.8. The van der Waals surface area contributed by atoms with Crippen LogP contribution >= 0.6 is 0 Å². The Balaban J connectivity index is 2.25. The Hall–Kier alpha value is -2.24. The van der Waals surface area contributed by atoms with Crippen LogP contribution in [0.3, 0.4) is 0 Å². The zero-order valence-corrected chi connectivity index (χ0v) is 10.8. The number of anilines is 1. The molecule has 0 aliphatic carbocycles. The van der Waals surface area contributed by atoms with Crippen LogP contribution in [-0.2, 0) is 14.3 Å². The Labute approximate surface area is 110 Å². The average Bonchev–Trinajstić information content (AvgIpc) is 2.41. The molecule has 0 unspecified atom stereocenters. The lowest BCUT2D eigenvalue weighted by Crippen LogP contribution is -2.42. The molecule has 0 aromatic heterocycles. The van der Waals surface area contributed by atoms with E-state index in [1.807, 2.05) is 0 Å². The predicted molar refractivity (Wildman–Crippen MR) is 67.5 cm³/mol. The summed E-state index contributed by atoms with van der Waals surface area (Å²) >= 11 is 0. The molecular formula is C13H15NO5. The molecule has 102 valence electrons. The van der Waals surface area contributed by atoms with Gasteiger partial charge in [-0.2, -0.15) is 0 Å². The molecule has 6 heteroatoms. The molecule has 19 heavy (non-hydrogen) atoms. The fourth-order valence-electron chi connectivity index (χ4n) is 1.82. The maximum Gasteiger partial charge on any atom is 0.326 e. The van der Waals surface area contributed by atoms with Crippen LogP contribution in [0, 0.1) is 0 Å². The second-order valence-corrected chi connectivity index (χ2v) is 3.91. The standard InChI is InChI=1S/C13H15NO5/c1-3-18-13(16)7-14-10-5-4-9(17-2)6-11(10)19-8-12(14)15/h4-6H,3,7-8H2,1-2H3. The predicted octanol–water partition coefficient (Wildman–Crippen LogP) is 0.984. The number of hydrogen-bond acceptors (Lipinski definition) is 5. The van der Waals surface area contributed by atoms with E-state index in [1.165, 1.54) is 4.90 Å². The molecule has 1 aliphatic heterocycles. The maximum absolute atomic E-state index is 11.8. The minimum absolute atomic E-state index is 0.0976. The van der Waals surface area contributed by atoms with Crippen molar-refractivity contribution in [3.05, 3.63) is 18.2 Å². The van der Waals surface area contributed by atoms with Gasteiger partial charge in [0.2, 0.25) is 0 Å². The topological polar surface area (TPSA) is 65.1 Å². The first-order valence-corrected chi connectivity index (χ1v) is 5.92. The monoisotopic (exact) mass is 265 g/mol. The van der Waals surface area contributed by atoms with E-state index in [-0.39, 0.29) is 25.7 Å². The van der Waals surface area contributed by atoms with Crippen LogP contribution in [0.15, 0.2) is 18.2 Å². The summed E-state index contributed by atoms with van der Waals surface area (Å²) in [4.78, 5) is 24.7. The fourth-order valence-corrected chi connectivity index (χ4v) is 1.82. The van der Waals surface area contributed by atoms with E-state index >= 15 is 0 Å². The minimum atomic E-state index is -0.445. The molecule has 0 bridgehead atoms. The van der Waals surface area contributed by atoms with Crippen molar-refractivity contribution in [2.45, 2.75) is 6.92 Å². The Kier molecular flexibility index (Phi) is 3.89. The number of amides is 1. The highest BCUT2D eigenvalue weighted by Gasteiger charge is 2.28. The molecule has 2 rings (SSSR count). The summed E-state index contributed by atoms with van der Waals surface area (Å²) in [6.07, 6.45) is 0. The van der Waals surface area contributed by atoms with Gasteiger partial charge in [0.05, 0.1) is 19.4 Å². The zero-order chi connectivity index (χ0) is 13.8.